The maximum Gasteiger partial charge on any atom is 0.246 e. The summed E-state index contributed by atoms with van der Waals surface area (Å²) in [5.74, 6) is 1.26. The van der Waals surface area contributed by atoms with Crippen molar-refractivity contribution in [2.45, 2.75) is 33.4 Å². The summed E-state index contributed by atoms with van der Waals surface area (Å²) in [6.07, 6.45) is 0.982. The number of ether oxygens (including phenoxy) is 1. The number of tetrazole rings is 1. The molecule has 0 bridgehead atoms. The lowest BCUT2D eigenvalue weighted by atomic mass is 10.1. The Hall–Kier alpha value is -3.22. The van der Waals surface area contributed by atoms with E-state index in [0.717, 1.165) is 23.3 Å². The number of carbonyl (C=O) groups excluding carboxylic acids is 1. The first-order valence-electron chi connectivity index (χ1n) is 9.42. The minimum absolute atomic E-state index is 0.0492. The second-order valence-corrected chi connectivity index (χ2v) is 6.52. The average Bonchev–Trinajstić information content (AvgIpc) is 3.18. The Morgan fingerprint density at radius 2 is 1.71 bits per heavy atom. The maximum absolute atomic E-state index is 12.5. The van der Waals surface area contributed by atoms with Gasteiger partial charge in [0.15, 0.2) is 0 Å². The summed E-state index contributed by atoms with van der Waals surface area (Å²) in [5, 5.41) is 12.4. The van der Waals surface area contributed by atoms with Crippen molar-refractivity contribution in [1.29, 1.82) is 0 Å². The number of hydrogen-bond donors (Lipinski definition) is 0. The fourth-order valence-corrected chi connectivity index (χ4v) is 2.78. The van der Waals surface area contributed by atoms with Gasteiger partial charge in [-0.1, -0.05) is 43.3 Å². The molecule has 0 unspecified atom stereocenters. The molecule has 0 saturated carbocycles. The minimum atomic E-state index is -0.0841. The normalized spacial score (nSPS) is 10.7. The van der Waals surface area contributed by atoms with E-state index in [1.54, 1.807) is 11.9 Å². The van der Waals surface area contributed by atoms with Crippen LogP contribution in [-0.4, -0.2) is 44.7 Å². The van der Waals surface area contributed by atoms with E-state index in [-0.39, 0.29) is 12.5 Å². The third kappa shape index (κ3) is 4.94. The Bertz CT molecular complexity index is 903. The van der Waals surface area contributed by atoms with Crippen LogP contribution in [0.1, 0.15) is 25.0 Å². The zero-order valence-electron chi connectivity index (χ0n) is 16.5. The number of rotatable bonds is 8. The summed E-state index contributed by atoms with van der Waals surface area (Å²) >= 11 is 0. The molecule has 7 nitrogen and oxygen atoms in total. The second-order valence-electron chi connectivity index (χ2n) is 6.52. The quantitative estimate of drug-likeness (QED) is 0.602. The van der Waals surface area contributed by atoms with Gasteiger partial charge in [-0.3, -0.25) is 4.79 Å². The Balaban J connectivity index is 1.58. The van der Waals surface area contributed by atoms with Gasteiger partial charge in [0.2, 0.25) is 11.7 Å². The maximum atomic E-state index is 12.5. The highest BCUT2D eigenvalue weighted by Crippen LogP contribution is 2.15. The van der Waals surface area contributed by atoms with Crippen LogP contribution in [0.25, 0.3) is 11.4 Å². The molecule has 0 fully saturated rings. The van der Waals surface area contributed by atoms with E-state index in [0.29, 0.717) is 19.0 Å². The Labute approximate surface area is 164 Å². The van der Waals surface area contributed by atoms with Crippen LogP contribution in [0.5, 0.6) is 5.75 Å². The van der Waals surface area contributed by atoms with Crippen LogP contribution in [0.15, 0.2) is 48.5 Å². The van der Waals surface area contributed by atoms with Gasteiger partial charge in [-0.2, -0.15) is 4.80 Å². The van der Waals surface area contributed by atoms with E-state index in [2.05, 4.69) is 22.3 Å². The highest BCUT2D eigenvalue weighted by molar-refractivity contribution is 5.75. The highest BCUT2D eigenvalue weighted by Gasteiger charge is 2.13. The summed E-state index contributed by atoms with van der Waals surface area (Å²) in [6.45, 7) is 5.25. The number of hydrogen-bond acceptors (Lipinski definition) is 5. The Morgan fingerprint density at radius 1 is 1.04 bits per heavy atom. The minimum Gasteiger partial charge on any atom is -0.494 e. The molecule has 1 aromatic heterocycles. The first-order valence-corrected chi connectivity index (χ1v) is 9.42. The fraction of sp³-hybridized carbons (Fsp3) is 0.333. The van der Waals surface area contributed by atoms with Crippen molar-refractivity contribution < 1.29 is 9.53 Å². The molecule has 28 heavy (non-hydrogen) atoms. The van der Waals surface area contributed by atoms with Crippen molar-refractivity contribution in [3.63, 3.8) is 0 Å². The van der Waals surface area contributed by atoms with Gasteiger partial charge in [-0.05, 0) is 41.8 Å². The summed E-state index contributed by atoms with van der Waals surface area (Å²) in [4.78, 5) is 15.5. The van der Waals surface area contributed by atoms with Crippen LogP contribution in [0.4, 0.5) is 0 Å². The van der Waals surface area contributed by atoms with E-state index in [1.165, 1.54) is 10.4 Å². The Kier molecular flexibility index (Phi) is 6.37. The number of carbonyl (C=O) groups is 1. The van der Waals surface area contributed by atoms with Gasteiger partial charge in [0, 0.05) is 19.2 Å². The predicted molar refractivity (Wildman–Crippen MR) is 107 cm³/mol. The molecule has 7 heteroatoms. The molecule has 0 radical (unpaired) electrons. The number of benzene rings is 2. The third-order valence-electron chi connectivity index (χ3n) is 4.43. The van der Waals surface area contributed by atoms with E-state index < -0.39 is 0 Å². The average molecular weight is 379 g/mol. The molecule has 0 saturated heterocycles. The topological polar surface area (TPSA) is 73.1 Å². The van der Waals surface area contributed by atoms with Crippen molar-refractivity contribution in [2.24, 2.45) is 0 Å². The molecule has 3 rings (SSSR count). The zero-order chi connectivity index (χ0) is 19.9. The molecule has 0 spiro atoms. The Morgan fingerprint density at radius 3 is 2.36 bits per heavy atom. The second kappa shape index (κ2) is 9.12. The smallest absolute Gasteiger partial charge is 0.246 e. The van der Waals surface area contributed by atoms with Crippen molar-refractivity contribution in [3.05, 3.63) is 59.7 Å². The third-order valence-corrected chi connectivity index (χ3v) is 4.43. The molecule has 3 aromatic rings. The highest BCUT2D eigenvalue weighted by atomic mass is 16.5. The number of likely N-dealkylation sites (N-methyl/N-ethyl adjacent to an activating group) is 1. The fourth-order valence-electron chi connectivity index (χ4n) is 2.78. The molecule has 1 amide bonds. The van der Waals surface area contributed by atoms with Crippen molar-refractivity contribution in [2.75, 3.05) is 13.7 Å². The van der Waals surface area contributed by atoms with Gasteiger partial charge in [0.1, 0.15) is 12.3 Å². The SMILES string of the molecule is CCOc1ccc(CN(C)C(=O)Cn2nnc(-c3ccc(CC)cc3)n2)cc1. The van der Waals surface area contributed by atoms with Crippen molar-refractivity contribution in [1.82, 2.24) is 25.1 Å². The van der Waals surface area contributed by atoms with E-state index >= 15 is 0 Å². The lowest BCUT2D eigenvalue weighted by Crippen LogP contribution is -2.30. The standard InChI is InChI=1S/C21H25N5O2/c1-4-16-6-10-18(11-7-16)21-22-24-26(23-21)15-20(27)25(3)14-17-8-12-19(13-9-17)28-5-2/h6-13H,4-5,14-15H2,1-3H3. The van der Waals surface area contributed by atoms with Gasteiger partial charge in [-0.15, -0.1) is 10.2 Å². The van der Waals surface area contributed by atoms with Crippen LogP contribution in [0, 0.1) is 0 Å². The summed E-state index contributed by atoms with van der Waals surface area (Å²) in [6, 6.07) is 15.8. The van der Waals surface area contributed by atoms with Crippen molar-refractivity contribution in [3.8, 4) is 17.1 Å². The molecule has 146 valence electrons. The van der Waals surface area contributed by atoms with E-state index in [9.17, 15) is 4.79 Å². The summed E-state index contributed by atoms with van der Waals surface area (Å²) < 4.78 is 5.44. The molecule has 0 aliphatic heterocycles. The molecule has 2 aromatic carbocycles. The number of aryl methyl sites for hydroxylation is 1. The summed E-state index contributed by atoms with van der Waals surface area (Å²) in [5.41, 5.74) is 3.17. The monoisotopic (exact) mass is 379 g/mol. The summed E-state index contributed by atoms with van der Waals surface area (Å²) in [7, 11) is 1.76. The van der Waals surface area contributed by atoms with Crippen LogP contribution < -0.4 is 4.74 Å². The lowest BCUT2D eigenvalue weighted by molar-refractivity contribution is -0.131. The first-order chi connectivity index (χ1) is 13.6. The first kappa shape index (κ1) is 19.5. The predicted octanol–water partition coefficient (Wildman–Crippen LogP) is 2.96. The van der Waals surface area contributed by atoms with Crippen LogP contribution in [-0.2, 0) is 24.3 Å². The van der Waals surface area contributed by atoms with Crippen LogP contribution >= 0.6 is 0 Å². The lowest BCUT2D eigenvalue weighted by Gasteiger charge is -2.17. The molecular formula is C21H25N5O2. The number of amides is 1. The van der Waals surface area contributed by atoms with Gasteiger partial charge in [-0.25, -0.2) is 0 Å². The van der Waals surface area contributed by atoms with Crippen molar-refractivity contribution >= 4 is 5.91 Å². The van der Waals surface area contributed by atoms with Crippen LogP contribution in [0.2, 0.25) is 0 Å². The van der Waals surface area contributed by atoms with Gasteiger partial charge < -0.3 is 9.64 Å². The molecular weight excluding hydrogens is 354 g/mol. The molecule has 0 aliphatic rings. The molecule has 1 heterocycles. The zero-order valence-corrected chi connectivity index (χ0v) is 16.5. The van der Waals surface area contributed by atoms with E-state index in [4.69, 9.17) is 4.74 Å². The van der Waals surface area contributed by atoms with Gasteiger partial charge in [0.05, 0.1) is 6.61 Å². The van der Waals surface area contributed by atoms with Crippen LogP contribution in [0.3, 0.4) is 0 Å². The number of nitrogens with zero attached hydrogens (tertiary/aromatic N) is 5. The molecule has 0 N–H and O–H groups in total. The molecule has 0 aliphatic carbocycles. The molecule has 0 atom stereocenters. The number of aromatic nitrogens is 4. The van der Waals surface area contributed by atoms with Gasteiger partial charge in [0.25, 0.3) is 0 Å². The van der Waals surface area contributed by atoms with E-state index in [1.807, 2.05) is 55.5 Å². The largest absolute Gasteiger partial charge is 0.494 e. The van der Waals surface area contributed by atoms with Gasteiger partial charge >= 0.3 is 0 Å².